The molecule has 28 heavy (non-hydrogen) atoms. The summed E-state index contributed by atoms with van der Waals surface area (Å²) < 4.78 is 7.43. The zero-order chi connectivity index (χ0) is 19.9. The van der Waals surface area contributed by atoms with E-state index in [0.29, 0.717) is 31.0 Å². The predicted octanol–water partition coefficient (Wildman–Crippen LogP) is 1.02. The maximum atomic E-state index is 12.3. The Morgan fingerprint density at radius 2 is 1.93 bits per heavy atom. The van der Waals surface area contributed by atoms with Crippen molar-refractivity contribution in [3.63, 3.8) is 0 Å². The highest BCUT2D eigenvalue weighted by molar-refractivity contribution is 6.39. The van der Waals surface area contributed by atoms with Gasteiger partial charge in [0.2, 0.25) is 0 Å². The molecule has 1 aliphatic heterocycles. The van der Waals surface area contributed by atoms with E-state index < -0.39 is 11.8 Å². The molecule has 8 nitrogen and oxygen atoms in total. The van der Waals surface area contributed by atoms with Gasteiger partial charge in [-0.1, -0.05) is 12.1 Å². The van der Waals surface area contributed by atoms with Gasteiger partial charge in [-0.3, -0.25) is 14.5 Å². The molecule has 1 saturated heterocycles. The van der Waals surface area contributed by atoms with E-state index in [-0.39, 0.29) is 6.04 Å². The summed E-state index contributed by atoms with van der Waals surface area (Å²) in [6.07, 6.45) is 1.95. The van der Waals surface area contributed by atoms with Crippen LogP contribution in [0.4, 0.5) is 5.69 Å². The smallest absolute Gasteiger partial charge is 0.313 e. The molecular formula is C20H23N5O3. The van der Waals surface area contributed by atoms with Crippen molar-refractivity contribution in [2.24, 2.45) is 7.05 Å². The van der Waals surface area contributed by atoms with Crippen molar-refractivity contribution in [3.8, 4) is 6.07 Å². The average molecular weight is 381 g/mol. The maximum Gasteiger partial charge on any atom is 0.313 e. The fraction of sp³-hybridized carbons (Fsp3) is 0.350. The molecular weight excluding hydrogens is 358 g/mol. The molecule has 0 bridgehead atoms. The SMILES string of the molecule is Cn1cccc1C(CNC(=O)C(=O)Nc1ccccc1C#N)N1CCOCC1. The molecule has 0 radical (unpaired) electrons. The van der Waals surface area contributed by atoms with E-state index in [4.69, 9.17) is 10.00 Å². The third-order valence-corrected chi connectivity index (χ3v) is 4.77. The number of aromatic nitrogens is 1. The summed E-state index contributed by atoms with van der Waals surface area (Å²) in [6.45, 7) is 3.09. The summed E-state index contributed by atoms with van der Waals surface area (Å²) in [6, 6.07) is 12.4. The summed E-state index contributed by atoms with van der Waals surface area (Å²) in [7, 11) is 1.95. The highest BCUT2D eigenvalue weighted by atomic mass is 16.5. The number of ether oxygens (including phenoxy) is 1. The van der Waals surface area contributed by atoms with E-state index in [9.17, 15) is 9.59 Å². The van der Waals surface area contributed by atoms with Crippen molar-refractivity contribution in [1.29, 1.82) is 5.26 Å². The van der Waals surface area contributed by atoms with Gasteiger partial charge in [-0.25, -0.2) is 0 Å². The number of hydrogen-bond acceptors (Lipinski definition) is 5. The van der Waals surface area contributed by atoms with Crippen molar-refractivity contribution in [1.82, 2.24) is 14.8 Å². The molecule has 1 fully saturated rings. The molecule has 8 heteroatoms. The van der Waals surface area contributed by atoms with Gasteiger partial charge in [0.15, 0.2) is 0 Å². The van der Waals surface area contributed by atoms with Crippen LogP contribution in [0.2, 0.25) is 0 Å². The Morgan fingerprint density at radius 1 is 1.18 bits per heavy atom. The number of nitriles is 1. The van der Waals surface area contributed by atoms with E-state index in [0.717, 1.165) is 18.8 Å². The number of hydrogen-bond donors (Lipinski definition) is 2. The number of para-hydroxylation sites is 1. The number of anilines is 1. The highest BCUT2D eigenvalue weighted by Gasteiger charge is 2.26. The number of rotatable bonds is 5. The zero-order valence-corrected chi connectivity index (χ0v) is 15.7. The van der Waals surface area contributed by atoms with Gasteiger partial charge in [0.05, 0.1) is 30.5 Å². The summed E-state index contributed by atoms with van der Waals surface area (Å²) >= 11 is 0. The first-order chi connectivity index (χ1) is 13.6. The first kappa shape index (κ1) is 19.6. The normalized spacial score (nSPS) is 15.4. The first-order valence-electron chi connectivity index (χ1n) is 9.11. The molecule has 2 N–H and O–H groups in total. The predicted molar refractivity (Wildman–Crippen MR) is 103 cm³/mol. The van der Waals surface area contributed by atoms with Gasteiger partial charge >= 0.3 is 11.8 Å². The van der Waals surface area contributed by atoms with Gasteiger partial charge in [-0.2, -0.15) is 5.26 Å². The molecule has 0 spiro atoms. The Morgan fingerprint density at radius 3 is 2.61 bits per heavy atom. The standard InChI is InChI=1S/C20H23N5O3/c1-24-8-4-7-17(24)18(25-9-11-28-12-10-25)14-22-19(26)20(27)23-16-6-3-2-5-15(16)13-21/h2-8,18H,9-12,14H2,1H3,(H,22,26)(H,23,27). The van der Waals surface area contributed by atoms with Gasteiger partial charge in [-0.05, 0) is 24.3 Å². The average Bonchev–Trinajstić information content (AvgIpc) is 3.15. The molecule has 1 aromatic carbocycles. The first-order valence-corrected chi connectivity index (χ1v) is 9.11. The van der Waals surface area contributed by atoms with E-state index in [1.165, 1.54) is 0 Å². The van der Waals surface area contributed by atoms with Gasteiger partial charge in [0.25, 0.3) is 0 Å². The number of benzene rings is 1. The summed E-state index contributed by atoms with van der Waals surface area (Å²) in [5.41, 5.74) is 1.67. The third-order valence-electron chi connectivity index (χ3n) is 4.77. The van der Waals surface area contributed by atoms with Crippen molar-refractivity contribution >= 4 is 17.5 Å². The Hall–Kier alpha value is -3.15. The minimum absolute atomic E-state index is 0.0629. The number of nitrogens with zero attached hydrogens (tertiary/aromatic N) is 3. The monoisotopic (exact) mass is 381 g/mol. The largest absolute Gasteiger partial charge is 0.379 e. The van der Waals surface area contributed by atoms with Gasteiger partial charge < -0.3 is 19.9 Å². The molecule has 2 amide bonds. The Labute approximate surface area is 163 Å². The molecule has 2 aromatic rings. The van der Waals surface area contributed by atoms with Crippen LogP contribution < -0.4 is 10.6 Å². The van der Waals surface area contributed by atoms with Gasteiger partial charge in [-0.15, -0.1) is 0 Å². The van der Waals surface area contributed by atoms with E-state index in [1.54, 1.807) is 24.3 Å². The van der Waals surface area contributed by atoms with Crippen molar-refractivity contribution in [2.45, 2.75) is 6.04 Å². The number of nitrogens with one attached hydrogen (secondary N) is 2. The lowest BCUT2D eigenvalue weighted by Crippen LogP contribution is -2.46. The van der Waals surface area contributed by atoms with E-state index >= 15 is 0 Å². The van der Waals surface area contributed by atoms with Crippen LogP contribution in [0.25, 0.3) is 0 Å². The minimum atomic E-state index is -0.796. The molecule has 1 unspecified atom stereocenters. The van der Waals surface area contributed by atoms with Gasteiger partial charge in [0.1, 0.15) is 6.07 Å². The zero-order valence-electron chi connectivity index (χ0n) is 15.7. The molecule has 2 heterocycles. The minimum Gasteiger partial charge on any atom is -0.379 e. The lowest BCUT2D eigenvalue weighted by Gasteiger charge is -2.34. The summed E-state index contributed by atoms with van der Waals surface area (Å²) in [5, 5.41) is 14.3. The fourth-order valence-corrected chi connectivity index (χ4v) is 3.27. The Kier molecular flexibility index (Phi) is 6.42. The quantitative estimate of drug-likeness (QED) is 0.754. The molecule has 1 aromatic heterocycles. The van der Waals surface area contributed by atoms with Gasteiger partial charge in [0, 0.05) is 38.6 Å². The second-order valence-corrected chi connectivity index (χ2v) is 6.53. The van der Waals surface area contributed by atoms with Crippen LogP contribution >= 0.6 is 0 Å². The van der Waals surface area contributed by atoms with Crippen LogP contribution in [0.15, 0.2) is 42.6 Å². The van der Waals surface area contributed by atoms with Crippen LogP contribution in [-0.2, 0) is 21.4 Å². The van der Waals surface area contributed by atoms with Crippen molar-refractivity contribution in [3.05, 3.63) is 53.9 Å². The van der Waals surface area contributed by atoms with Crippen LogP contribution in [0.1, 0.15) is 17.3 Å². The van der Waals surface area contributed by atoms with E-state index in [2.05, 4.69) is 15.5 Å². The second kappa shape index (κ2) is 9.17. The van der Waals surface area contributed by atoms with Crippen LogP contribution in [-0.4, -0.2) is 54.1 Å². The van der Waals surface area contributed by atoms with Crippen molar-refractivity contribution in [2.75, 3.05) is 38.2 Å². The van der Waals surface area contributed by atoms with Crippen LogP contribution in [0, 0.1) is 11.3 Å². The summed E-state index contributed by atoms with van der Waals surface area (Å²) in [5.74, 6) is -1.53. The Bertz CT molecular complexity index is 880. The van der Waals surface area contributed by atoms with Crippen molar-refractivity contribution < 1.29 is 14.3 Å². The molecule has 1 atom stereocenters. The highest BCUT2D eigenvalue weighted by Crippen LogP contribution is 2.21. The fourth-order valence-electron chi connectivity index (χ4n) is 3.27. The number of aryl methyl sites for hydroxylation is 1. The topological polar surface area (TPSA) is 99.4 Å². The maximum absolute atomic E-state index is 12.3. The lowest BCUT2D eigenvalue weighted by molar-refractivity contribution is -0.136. The second-order valence-electron chi connectivity index (χ2n) is 6.53. The molecule has 0 saturated carbocycles. The van der Waals surface area contributed by atoms with Crippen LogP contribution in [0.5, 0.6) is 0 Å². The summed E-state index contributed by atoms with van der Waals surface area (Å²) in [4.78, 5) is 26.8. The lowest BCUT2D eigenvalue weighted by atomic mass is 10.1. The molecule has 1 aliphatic rings. The van der Waals surface area contributed by atoms with E-state index in [1.807, 2.05) is 36.0 Å². The molecule has 3 rings (SSSR count). The molecule has 146 valence electrons. The van der Waals surface area contributed by atoms with Crippen LogP contribution in [0.3, 0.4) is 0 Å². The number of carbonyl (C=O) groups is 2. The Balaban J connectivity index is 1.65. The number of carbonyl (C=O) groups excluding carboxylic acids is 2. The number of morpholine rings is 1. The number of amides is 2. The third kappa shape index (κ3) is 4.57. The molecule has 0 aliphatic carbocycles.